The van der Waals surface area contributed by atoms with Crippen LogP contribution in [0.25, 0.3) is 0 Å². The zero-order chi connectivity index (χ0) is 21.9. The number of hydrogen-bond donors (Lipinski definition) is 3. The predicted octanol–water partition coefficient (Wildman–Crippen LogP) is 1.04. The third-order valence-corrected chi connectivity index (χ3v) is 3.92. The Morgan fingerprint density at radius 2 is 1.82 bits per heavy atom. The summed E-state index contributed by atoms with van der Waals surface area (Å²) >= 11 is 0. The molecule has 0 fully saturated rings. The summed E-state index contributed by atoms with van der Waals surface area (Å²) in [5, 5.41) is 16.2. The first kappa shape index (κ1) is 23.3. The lowest BCUT2D eigenvalue weighted by molar-refractivity contribution is -0.420. The number of nitrogens with two attached hydrogens (primary N) is 1. The predicted molar refractivity (Wildman–Crippen MR) is 102 cm³/mol. The van der Waals surface area contributed by atoms with Crippen LogP contribution in [0.2, 0.25) is 0 Å². The van der Waals surface area contributed by atoms with E-state index >= 15 is 0 Å². The van der Waals surface area contributed by atoms with Crippen LogP contribution in [0.4, 0.5) is 4.79 Å². The van der Waals surface area contributed by atoms with Gasteiger partial charge in [0.1, 0.15) is 5.60 Å². The number of hydrogen-bond acceptors (Lipinski definition) is 7. The van der Waals surface area contributed by atoms with Crippen LogP contribution in [-0.4, -0.2) is 46.4 Å². The molecule has 3 atom stereocenters. The molecule has 0 bridgehead atoms. The molecule has 2 amide bonds. The lowest BCUT2D eigenvalue weighted by Gasteiger charge is -2.36. The smallest absolute Gasteiger partial charge is 0.408 e. The first-order valence-corrected chi connectivity index (χ1v) is 8.86. The summed E-state index contributed by atoms with van der Waals surface area (Å²) in [5.74, 6) is -1.56. The van der Waals surface area contributed by atoms with Crippen LogP contribution in [-0.2, 0) is 14.3 Å². The van der Waals surface area contributed by atoms with E-state index in [0.29, 0.717) is 0 Å². The van der Waals surface area contributed by atoms with E-state index in [1.165, 1.54) is 13.0 Å². The Hall–Kier alpha value is -2.75. The third-order valence-electron chi connectivity index (χ3n) is 3.92. The fraction of sp³-hybridized carbons (Fsp3) is 0.611. The maximum Gasteiger partial charge on any atom is 0.408 e. The van der Waals surface area contributed by atoms with Gasteiger partial charge in [0.15, 0.2) is 11.2 Å². The first-order chi connectivity index (χ1) is 12.7. The lowest BCUT2D eigenvalue weighted by atomic mass is 9.70. The van der Waals surface area contributed by atoms with Gasteiger partial charge in [-0.1, -0.05) is 6.08 Å². The van der Waals surface area contributed by atoms with Crippen molar-refractivity contribution in [1.29, 1.82) is 0 Å². The maximum atomic E-state index is 13.2. The van der Waals surface area contributed by atoms with Gasteiger partial charge in [-0.3, -0.25) is 19.7 Å². The highest BCUT2D eigenvalue weighted by Gasteiger charge is 2.53. The Kier molecular flexibility index (Phi) is 7.08. The molecule has 0 saturated heterocycles. The molecule has 28 heavy (non-hydrogen) atoms. The van der Waals surface area contributed by atoms with Gasteiger partial charge in [0.05, 0.1) is 11.0 Å². The van der Waals surface area contributed by atoms with E-state index in [1.807, 2.05) is 0 Å². The monoisotopic (exact) mass is 396 g/mol. The minimum Gasteiger partial charge on any atom is -0.444 e. The molecule has 0 aromatic heterocycles. The van der Waals surface area contributed by atoms with E-state index in [4.69, 9.17) is 10.5 Å². The number of carbonyl (C=O) groups excluding carboxylic acids is 3. The molecular weight excluding hydrogens is 368 g/mol. The number of nitrogens with one attached hydrogen (secondary N) is 2. The molecule has 10 heteroatoms. The van der Waals surface area contributed by atoms with Gasteiger partial charge in [-0.15, -0.1) is 0 Å². The number of rotatable bonds is 6. The number of amides is 2. The average Bonchev–Trinajstić information content (AvgIpc) is 2.51. The molecule has 1 rings (SSSR count). The SMILES string of the molecule is CC(C)NC(=O)C1(C(=O)[C@H](C)NC(=O)OC(C)(C)C)C=C([N+](=O)[O-])C=CC1N. The second-order valence-electron chi connectivity index (χ2n) is 7.94. The first-order valence-electron chi connectivity index (χ1n) is 8.86. The van der Waals surface area contributed by atoms with Gasteiger partial charge in [-0.25, -0.2) is 4.79 Å². The number of ketones is 1. The number of ether oxygens (including phenoxy) is 1. The standard InChI is InChI=1S/C18H28N4O6/c1-10(2)20-15(24)18(9-12(22(26)27)7-8-13(18)19)14(23)11(3)21-16(25)28-17(4,5)6/h7-11,13H,19H2,1-6H3,(H,20,24)(H,21,25)/t11-,13?,18?/m0/s1. The molecule has 0 saturated carbocycles. The van der Waals surface area contributed by atoms with E-state index in [0.717, 1.165) is 12.2 Å². The minimum absolute atomic E-state index is 0.336. The van der Waals surface area contributed by atoms with Crippen molar-refractivity contribution in [2.24, 2.45) is 11.1 Å². The lowest BCUT2D eigenvalue weighted by Crippen LogP contribution is -2.61. The number of nitro groups is 1. The number of allylic oxidation sites excluding steroid dienone is 1. The quantitative estimate of drug-likeness (QED) is 0.344. The van der Waals surface area contributed by atoms with Crippen molar-refractivity contribution in [2.75, 3.05) is 0 Å². The van der Waals surface area contributed by atoms with Crippen molar-refractivity contribution >= 4 is 17.8 Å². The van der Waals surface area contributed by atoms with Crippen molar-refractivity contribution in [1.82, 2.24) is 10.6 Å². The molecule has 0 spiro atoms. The molecule has 2 unspecified atom stereocenters. The zero-order valence-corrected chi connectivity index (χ0v) is 16.9. The van der Waals surface area contributed by atoms with Crippen molar-refractivity contribution in [2.45, 2.75) is 65.3 Å². The summed E-state index contributed by atoms with van der Waals surface area (Å²) in [4.78, 5) is 48.7. The summed E-state index contributed by atoms with van der Waals surface area (Å²) in [7, 11) is 0. The molecule has 0 aromatic rings. The molecule has 0 radical (unpaired) electrons. The normalized spacial score (nSPS) is 22.9. The largest absolute Gasteiger partial charge is 0.444 e. The molecule has 1 aliphatic carbocycles. The van der Waals surface area contributed by atoms with E-state index < -0.39 is 51.5 Å². The van der Waals surface area contributed by atoms with Gasteiger partial charge in [0, 0.05) is 24.2 Å². The number of alkyl carbamates (subject to hydrolysis) is 1. The second kappa shape index (κ2) is 8.51. The average molecular weight is 396 g/mol. The highest BCUT2D eigenvalue weighted by Crippen LogP contribution is 2.33. The second-order valence-corrected chi connectivity index (χ2v) is 7.94. The van der Waals surface area contributed by atoms with Crippen LogP contribution < -0.4 is 16.4 Å². The van der Waals surface area contributed by atoms with E-state index in [9.17, 15) is 24.5 Å². The van der Waals surface area contributed by atoms with E-state index in [1.54, 1.807) is 34.6 Å². The van der Waals surface area contributed by atoms with Crippen LogP contribution in [0.3, 0.4) is 0 Å². The summed E-state index contributed by atoms with van der Waals surface area (Å²) in [5.41, 5.74) is 2.78. The van der Waals surface area contributed by atoms with Crippen molar-refractivity contribution < 1.29 is 24.0 Å². The Balaban J connectivity index is 3.30. The van der Waals surface area contributed by atoms with Gasteiger partial charge in [0.2, 0.25) is 5.91 Å². The Bertz CT molecular complexity index is 722. The summed E-state index contributed by atoms with van der Waals surface area (Å²) in [6, 6.07) is -2.67. The highest BCUT2D eigenvalue weighted by molar-refractivity contribution is 6.12. The van der Waals surface area contributed by atoms with Crippen molar-refractivity contribution in [3.05, 3.63) is 34.0 Å². The number of nitrogens with zero attached hydrogens (tertiary/aromatic N) is 1. The Morgan fingerprint density at radius 3 is 2.29 bits per heavy atom. The van der Waals surface area contributed by atoms with Crippen LogP contribution in [0.1, 0.15) is 41.5 Å². The van der Waals surface area contributed by atoms with Gasteiger partial charge in [0.25, 0.3) is 5.70 Å². The van der Waals surface area contributed by atoms with Crippen molar-refractivity contribution in [3.63, 3.8) is 0 Å². The molecular formula is C18H28N4O6. The fourth-order valence-electron chi connectivity index (χ4n) is 2.70. The molecule has 0 aromatic carbocycles. The van der Waals surface area contributed by atoms with Gasteiger partial charge < -0.3 is 21.1 Å². The zero-order valence-electron chi connectivity index (χ0n) is 16.9. The molecule has 0 aliphatic heterocycles. The third kappa shape index (κ3) is 5.38. The molecule has 156 valence electrons. The number of Topliss-reactive ketones (excluding diaryl/α,β-unsaturated/α-hetero) is 1. The highest BCUT2D eigenvalue weighted by atomic mass is 16.6. The molecule has 0 heterocycles. The van der Waals surface area contributed by atoms with Crippen LogP contribution in [0.5, 0.6) is 0 Å². The van der Waals surface area contributed by atoms with E-state index in [2.05, 4.69) is 10.6 Å². The van der Waals surface area contributed by atoms with Gasteiger partial charge >= 0.3 is 6.09 Å². The van der Waals surface area contributed by atoms with Crippen LogP contribution in [0, 0.1) is 15.5 Å². The van der Waals surface area contributed by atoms with Crippen molar-refractivity contribution in [3.8, 4) is 0 Å². The summed E-state index contributed by atoms with van der Waals surface area (Å²) in [6.07, 6.45) is 2.47. The van der Waals surface area contributed by atoms with E-state index in [-0.39, 0.29) is 6.04 Å². The van der Waals surface area contributed by atoms with Crippen LogP contribution in [0.15, 0.2) is 23.9 Å². The molecule has 10 nitrogen and oxygen atoms in total. The topological polar surface area (TPSA) is 154 Å². The summed E-state index contributed by atoms with van der Waals surface area (Å²) < 4.78 is 5.12. The maximum absolute atomic E-state index is 13.2. The fourth-order valence-corrected chi connectivity index (χ4v) is 2.70. The Morgan fingerprint density at radius 1 is 1.25 bits per heavy atom. The van der Waals surface area contributed by atoms with Gasteiger partial charge in [-0.05, 0) is 41.5 Å². The molecule has 4 N–H and O–H groups in total. The number of carbonyl (C=O) groups is 3. The van der Waals surface area contributed by atoms with Crippen LogP contribution >= 0.6 is 0 Å². The Labute approximate surface area is 163 Å². The van der Waals surface area contributed by atoms with Gasteiger partial charge in [-0.2, -0.15) is 0 Å². The minimum atomic E-state index is -2.05. The molecule has 1 aliphatic rings. The summed E-state index contributed by atoms with van der Waals surface area (Å²) in [6.45, 7) is 9.70.